The SMILES string of the molecule is CCOc1ccccc1[C@H]1C(C#N)=C(N)N(N(C)C)C2=C1C(=O)C[C@@H](c1ccccc1)C2. The Morgan fingerprint density at radius 1 is 1.12 bits per heavy atom. The zero-order valence-electron chi connectivity index (χ0n) is 18.7. The average molecular weight is 429 g/mol. The lowest BCUT2D eigenvalue weighted by Crippen LogP contribution is -2.46. The van der Waals surface area contributed by atoms with Gasteiger partial charge in [-0.3, -0.25) is 9.80 Å². The Balaban J connectivity index is 1.92. The number of benzene rings is 2. The molecule has 1 aliphatic heterocycles. The number of nitrogens with zero attached hydrogens (tertiary/aromatic N) is 3. The first-order valence-electron chi connectivity index (χ1n) is 10.9. The van der Waals surface area contributed by atoms with E-state index >= 15 is 0 Å². The van der Waals surface area contributed by atoms with Crippen LogP contribution in [0.4, 0.5) is 0 Å². The van der Waals surface area contributed by atoms with E-state index < -0.39 is 5.92 Å². The second-order valence-corrected chi connectivity index (χ2v) is 8.27. The minimum atomic E-state index is -0.543. The highest BCUT2D eigenvalue weighted by Gasteiger charge is 2.43. The van der Waals surface area contributed by atoms with E-state index in [0.29, 0.717) is 42.2 Å². The predicted octanol–water partition coefficient (Wildman–Crippen LogP) is 4.06. The molecule has 2 aromatic rings. The molecule has 32 heavy (non-hydrogen) atoms. The van der Waals surface area contributed by atoms with Crippen molar-refractivity contribution in [2.75, 3.05) is 20.7 Å². The molecule has 0 saturated carbocycles. The summed E-state index contributed by atoms with van der Waals surface area (Å²) in [4.78, 5) is 13.7. The predicted molar refractivity (Wildman–Crippen MR) is 123 cm³/mol. The Bertz CT molecular complexity index is 1130. The highest BCUT2D eigenvalue weighted by molar-refractivity contribution is 6.00. The summed E-state index contributed by atoms with van der Waals surface area (Å²) >= 11 is 0. The Labute approximate surface area is 189 Å². The third-order valence-corrected chi connectivity index (χ3v) is 6.14. The van der Waals surface area contributed by atoms with Crippen molar-refractivity contribution in [1.29, 1.82) is 5.26 Å². The second-order valence-electron chi connectivity index (χ2n) is 8.27. The van der Waals surface area contributed by atoms with Crippen LogP contribution in [0.5, 0.6) is 5.75 Å². The number of rotatable bonds is 5. The van der Waals surface area contributed by atoms with E-state index in [4.69, 9.17) is 10.5 Å². The summed E-state index contributed by atoms with van der Waals surface area (Å²) < 4.78 is 5.87. The van der Waals surface area contributed by atoms with Crippen LogP contribution in [0.25, 0.3) is 0 Å². The number of allylic oxidation sites excluding steroid dienone is 3. The molecule has 4 rings (SSSR count). The fourth-order valence-corrected chi connectivity index (χ4v) is 4.85. The lowest BCUT2D eigenvalue weighted by atomic mass is 9.72. The summed E-state index contributed by atoms with van der Waals surface area (Å²) in [6, 6.07) is 20.0. The fraction of sp³-hybridized carbons (Fsp3) is 0.308. The Morgan fingerprint density at radius 2 is 1.81 bits per heavy atom. The summed E-state index contributed by atoms with van der Waals surface area (Å²) in [6.07, 6.45) is 1.06. The molecule has 6 nitrogen and oxygen atoms in total. The van der Waals surface area contributed by atoms with Gasteiger partial charge in [-0.15, -0.1) is 0 Å². The van der Waals surface area contributed by atoms with Gasteiger partial charge in [-0.1, -0.05) is 48.5 Å². The molecule has 0 aromatic heterocycles. The number of Topliss-reactive ketones (excluding diaryl/α,β-unsaturated/α-hetero) is 1. The van der Waals surface area contributed by atoms with Gasteiger partial charge in [0.05, 0.1) is 24.2 Å². The van der Waals surface area contributed by atoms with Gasteiger partial charge in [-0.05, 0) is 30.9 Å². The molecule has 2 aliphatic rings. The van der Waals surface area contributed by atoms with E-state index in [-0.39, 0.29) is 11.7 Å². The van der Waals surface area contributed by atoms with Gasteiger partial charge in [0.1, 0.15) is 11.6 Å². The van der Waals surface area contributed by atoms with Gasteiger partial charge >= 0.3 is 0 Å². The molecule has 2 atom stereocenters. The maximum atomic E-state index is 13.7. The Hall–Kier alpha value is -3.56. The van der Waals surface area contributed by atoms with Crippen molar-refractivity contribution in [3.05, 3.63) is 88.4 Å². The van der Waals surface area contributed by atoms with Gasteiger partial charge in [0.15, 0.2) is 5.78 Å². The third kappa shape index (κ3) is 3.65. The van der Waals surface area contributed by atoms with Crippen molar-refractivity contribution in [1.82, 2.24) is 10.0 Å². The molecule has 0 saturated heterocycles. The van der Waals surface area contributed by atoms with E-state index in [2.05, 4.69) is 18.2 Å². The van der Waals surface area contributed by atoms with Crippen molar-refractivity contribution in [2.24, 2.45) is 5.73 Å². The maximum Gasteiger partial charge on any atom is 0.162 e. The van der Waals surface area contributed by atoms with Gasteiger partial charge in [-0.25, -0.2) is 5.01 Å². The number of nitriles is 1. The third-order valence-electron chi connectivity index (χ3n) is 6.14. The monoisotopic (exact) mass is 428 g/mol. The van der Waals surface area contributed by atoms with Crippen LogP contribution >= 0.6 is 0 Å². The molecular formula is C26H28N4O2. The number of carbonyl (C=O) groups excluding carboxylic acids is 1. The van der Waals surface area contributed by atoms with E-state index in [9.17, 15) is 10.1 Å². The van der Waals surface area contributed by atoms with Crippen molar-refractivity contribution in [3.63, 3.8) is 0 Å². The van der Waals surface area contributed by atoms with Gasteiger partial charge in [0, 0.05) is 37.3 Å². The zero-order chi connectivity index (χ0) is 22.8. The number of hydrogen-bond donors (Lipinski definition) is 1. The van der Waals surface area contributed by atoms with Crippen LogP contribution in [-0.2, 0) is 4.79 Å². The molecule has 1 aliphatic carbocycles. The van der Waals surface area contributed by atoms with Crippen molar-refractivity contribution >= 4 is 5.78 Å². The molecule has 0 fully saturated rings. The van der Waals surface area contributed by atoms with E-state index in [1.807, 2.05) is 73.5 Å². The minimum absolute atomic E-state index is 0.0449. The highest BCUT2D eigenvalue weighted by atomic mass is 16.5. The van der Waals surface area contributed by atoms with E-state index in [0.717, 1.165) is 16.8 Å². The number of para-hydroxylation sites is 1. The second kappa shape index (κ2) is 8.89. The molecule has 2 aromatic carbocycles. The Morgan fingerprint density at radius 3 is 2.47 bits per heavy atom. The van der Waals surface area contributed by atoms with Crippen molar-refractivity contribution in [3.8, 4) is 11.8 Å². The smallest absolute Gasteiger partial charge is 0.162 e. The first-order chi connectivity index (χ1) is 15.5. The number of nitrogens with two attached hydrogens (primary N) is 1. The van der Waals surface area contributed by atoms with Gasteiger partial charge in [0.25, 0.3) is 0 Å². The zero-order valence-corrected chi connectivity index (χ0v) is 18.7. The normalized spacial score (nSPS) is 21.0. The first-order valence-corrected chi connectivity index (χ1v) is 10.9. The largest absolute Gasteiger partial charge is 0.494 e. The van der Waals surface area contributed by atoms with Gasteiger partial charge < -0.3 is 10.5 Å². The van der Waals surface area contributed by atoms with Crippen molar-refractivity contribution < 1.29 is 9.53 Å². The number of hydrogen-bond acceptors (Lipinski definition) is 6. The molecule has 0 spiro atoms. The van der Waals surface area contributed by atoms with Crippen LogP contribution in [0.2, 0.25) is 0 Å². The number of ether oxygens (including phenoxy) is 1. The van der Waals surface area contributed by atoms with Crippen LogP contribution in [-0.4, -0.2) is 36.5 Å². The topological polar surface area (TPSA) is 82.6 Å². The molecule has 0 amide bonds. The Kier molecular flexibility index (Phi) is 6.02. The van der Waals surface area contributed by atoms with E-state index in [1.165, 1.54) is 0 Å². The molecule has 6 heteroatoms. The van der Waals surface area contributed by atoms with Crippen LogP contribution in [0.1, 0.15) is 42.7 Å². The van der Waals surface area contributed by atoms with Crippen molar-refractivity contribution in [2.45, 2.75) is 31.6 Å². The lowest BCUT2D eigenvalue weighted by molar-refractivity contribution is -0.117. The fourth-order valence-electron chi connectivity index (χ4n) is 4.85. The maximum absolute atomic E-state index is 13.7. The van der Waals surface area contributed by atoms with E-state index in [1.54, 1.807) is 0 Å². The highest BCUT2D eigenvalue weighted by Crippen LogP contribution is 2.49. The summed E-state index contributed by atoms with van der Waals surface area (Å²) in [6.45, 7) is 2.41. The number of carbonyl (C=O) groups is 1. The van der Waals surface area contributed by atoms with Gasteiger partial charge in [-0.2, -0.15) is 5.26 Å². The summed E-state index contributed by atoms with van der Waals surface area (Å²) in [7, 11) is 3.75. The number of ketones is 1. The van der Waals surface area contributed by atoms with Gasteiger partial charge in [0.2, 0.25) is 0 Å². The number of hydrazine groups is 1. The summed E-state index contributed by atoms with van der Waals surface area (Å²) in [5.74, 6) is 0.587. The minimum Gasteiger partial charge on any atom is -0.494 e. The summed E-state index contributed by atoms with van der Waals surface area (Å²) in [5.41, 5.74) is 10.4. The molecule has 1 heterocycles. The summed E-state index contributed by atoms with van der Waals surface area (Å²) in [5, 5.41) is 13.8. The molecule has 0 bridgehead atoms. The lowest BCUT2D eigenvalue weighted by Gasteiger charge is -2.44. The molecule has 0 radical (unpaired) electrons. The standard InChI is InChI=1S/C26H28N4O2/c1-4-32-23-13-9-8-12-19(23)24-20(16-27)26(28)30(29(2)3)21-14-18(15-22(31)25(21)24)17-10-6-5-7-11-17/h5-13,18,24H,4,14-15,28H2,1-3H3/t18-,24-/m0/s1. The molecule has 164 valence electrons. The molecular weight excluding hydrogens is 400 g/mol. The first kappa shape index (κ1) is 21.7. The van der Waals surface area contributed by atoms with Crippen LogP contribution < -0.4 is 10.5 Å². The van der Waals surface area contributed by atoms with Crippen LogP contribution in [0.15, 0.2) is 77.3 Å². The average Bonchev–Trinajstić information content (AvgIpc) is 2.79. The molecule has 0 unspecified atom stereocenters. The quantitative estimate of drug-likeness (QED) is 0.773. The van der Waals surface area contributed by atoms with Crippen LogP contribution in [0, 0.1) is 11.3 Å². The molecule has 2 N–H and O–H groups in total. The van der Waals surface area contributed by atoms with Crippen LogP contribution in [0.3, 0.4) is 0 Å².